The van der Waals surface area contributed by atoms with E-state index >= 15 is 0 Å². The van der Waals surface area contributed by atoms with Gasteiger partial charge in [-0.15, -0.1) is 0 Å². The van der Waals surface area contributed by atoms with Crippen molar-refractivity contribution in [3.8, 4) is 0 Å². The van der Waals surface area contributed by atoms with Crippen molar-refractivity contribution in [1.29, 1.82) is 0 Å². The molecule has 2 N–H and O–H groups in total. The third kappa shape index (κ3) is 5.34. The molecular formula is C13H24N2O5. The molecule has 0 aromatic rings. The molecular weight excluding hydrogens is 264 g/mol. The molecule has 1 saturated heterocycles. The first-order valence-corrected chi connectivity index (χ1v) is 6.75. The molecule has 1 heterocycles. The quantitative estimate of drug-likeness (QED) is 0.791. The van der Waals surface area contributed by atoms with Crippen LogP contribution < -0.4 is 5.32 Å². The number of amides is 1. The van der Waals surface area contributed by atoms with Crippen LogP contribution in [0.5, 0.6) is 0 Å². The Hall–Kier alpha value is -1.34. The Labute approximate surface area is 119 Å². The zero-order valence-corrected chi connectivity index (χ0v) is 12.5. The highest BCUT2D eigenvalue weighted by molar-refractivity contribution is 5.76. The molecule has 0 aromatic heterocycles. The van der Waals surface area contributed by atoms with Gasteiger partial charge >= 0.3 is 12.1 Å². The smallest absolute Gasteiger partial charge is 0.407 e. The number of carboxylic acids is 1. The van der Waals surface area contributed by atoms with Crippen molar-refractivity contribution < 1.29 is 24.2 Å². The Balaban J connectivity index is 2.62. The van der Waals surface area contributed by atoms with Crippen molar-refractivity contribution in [3.63, 3.8) is 0 Å². The highest BCUT2D eigenvalue weighted by atomic mass is 16.6. The van der Waals surface area contributed by atoms with Crippen molar-refractivity contribution in [2.24, 2.45) is 0 Å². The van der Waals surface area contributed by atoms with Gasteiger partial charge in [0, 0.05) is 13.1 Å². The second-order valence-corrected chi connectivity index (χ2v) is 5.87. The molecule has 1 aliphatic rings. The fourth-order valence-corrected chi connectivity index (χ4v) is 2.11. The van der Waals surface area contributed by atoms with E-state index in [1.807, 2.05) is 0 Å². The number of aliphatic carboxylic acids is 1. The zero-order chi connectivity index (χ0) is 15.3. The summed E-state index contributed by atoms with van der Waals surface area (Å²) in [5.74, 6) is -0.963. The number of hydrogen-bond donors (Lipinski definition) is 2. The summed E-state index contributed by atoms with van der Waals surface area (Å²) in [6.07, 6.45) is -0.607. The third-order valence-electron chi connectivity index (χ3n) is 2.91. The Morgan fingerprint density at radius 1 is 1.30 bits per heavy atom. The lowest BCUT2D eigenvalue weighted by Gasteiger charge is -2.35. The fourth-order valence-electron chi connectivity index (χ4n) is 2.11. The van der Waals surface area contributed by atoms with E-state index in [-0.39, 0.29) is 0 Å². The summed E-state index contributed by atoms with van der Waals surface area (Å²) < 4.78 is 10.3. The van der Waals surface area contributed by atoms with Gasteiger partial charge in [-0.3, -0.25) is 9.69 Å². The Morgan fingerprint density at radius 3 is 2.30 bits per heavy atom. The highest BCUT2D eigenvalue weighted by Crippen LogP contribution is 2.11. The minimum absolute atomic E-state index is 0.503. The van der Waals surface area contributed by atoms with Crippen LogP contribution in [0.1, 0.15) is 27.7 Å². The molecule has 1 amide bonds. The normalized spacial score (nSPS) is 20.0. The van der Waals surface area contributed by atoms with E-state index in [1.165, 1.54) is 0 Å². The molecule has 2 unspecified atom stereocenters. The van der Waals surface area contributed by atoms with E-state index in [1.54, 1.807) is 32.6 Å². The van der Waals surface area contributed by atoms with Gasteiger partial charge in [-0.1, -0.05) is 0 Å². The van der Waals surface area contributed by atoms with Crippen molar-refractivity contribution in [2.75, 3.05) is 26.3 Å². The number of hydrogen-bond acceptors (Lipinski definition) is 5. The SMILES string of the molecule is CC(NC(=O)OC(C)(C)C)C(C(=O)O)N1CCOCC1. The van der Waals surface area contributed by atoms with Gasteiger partial charge in [-0.2, -0.15) is 0 Å². The number of carbonyl (C=O) groups is 2. The second-order valence-electron chi connectivity index (χ2n) is 5.87. The number of ether oxygens (including phenoxy) is 2. The average Bonchev–Trinajstić information content (AvgIpc) is 2.26. The number of nitrogens with zero attached hydrogens (tertiary/aromatic N) is 1. The summed E-state index contributed by atoms with van der Waals surface area (Å²) in [5.41, 5.74) is -0.610. The Morgan fingerprint density at radius 2 is 1.85 bits per heavy atom. The van der Waals surface area contributed by atoms with Crippen LogP contribution in [-0.4, -0.2) is 66.1 Å². The van der Waals surface area contributed by atoms with Crippen LogP contribution in [0.15, 0.2) is 0 Å². The van der Waals surface area contributed by atoms with Crippen LogP contribution >= 0.6 is 0 Å². The first-order chi connectivity index (χ1) is 9.20. The predicted molar refractivity (Wildman–Crippen MR) is 72.6 cm³/mol. The van der Waals surface area contributed by atoms with E-state index in [0.29, 0.717) is 26.3 Å². The van der Waals surface area contributed by atoms with Gasteiger partial charge in [-0.05, 0) is 27.7 Å². The van der Waals surface area contributed by atoms with Gasteiger partial charge in [0.15, 0.2) is 0 Å². The molecule has 0 aliphatic carbocycles. The number of carboxylic acid groups (broad SMARTS) is 1. The molecule has 7 nitrogen and oxygen atoms in total. The minimum Gasteiger partial charge on any atom is -0.480 e. The topological polar surface area (TPSA) is 88.1 Å². The fraction of sp³-hybridized carbons (Fsp3) is 0.846. The number of nitrogens with one attached hydrogen (secondary N) is 1. The first kappa shape index (κ1) is 16.7. The maximum atomic E-state index is 11.7. The molecule has 0 saturated carbocycles. The maximum absolute atomic E-state index is 11.7. The molecule has 0 aromatic carbocycles. The van der Waals surface area contributed by atoms with Crippen molar-refractivity contribution in [3.05, 3.63) is 0 Å². The molecule has 1 rings (SSSR count). The van der Waals surface area contributed by atoms with Crippen molar-refractivity contribution in [2.45, 2.75) is 45.4 Å². The van der Waals surface area contributed by atoms with Gasteiger partial charge in [-0.25, -0.2) is 4.79 Å². The lowest BCUT2D eigenvalue weighted by Crippen LogP contribution is -2.57. The average molecular weight is 288 g/mol. The van der Waals surface area contributed by atoms with Crippen LogP contribution in [0.25, 0.3) is 0 Å². The van der Waals surface area contributed by atoms with Gasteiger partial charge < -0.3 is 19.9 Å². The van der Waals surface area contributed by atoms with Crippen LogP contribution in [0.2, 0.25) is 0 Å². The summed E-state index contributed by atoms with van der Waals surface area (Å²) in [6, 6.07) is -1.34. The van der Waals surface area contributed by atoms with Crippen molar-refractivity contribution in [1.82, 2.24) is 10.2 Å². The Bertz CT molecular complexity index is 347. The third-order valence-corrected chi connectivity index (χ3v) is 2.91. The number of morpholine rings is 1. The standard InChI is InChI=1S/C13H24N2O5/c1-9(14-12(18)20-13(2,3)4)10(11(16)17)15-5-7-19-8-6-15/h9-10H,5-8H2,1-4H3,(H,14,18)(H,16,17). The zero-order valence-electron chi connectivity index (χ0n) is 12.5. The van der Waals surface area contributed by atoms with Gasteiger partial charge in [0.25, 0.3) is 0 Å². The molecule has 0 bridgehead atoms. The van der Waals surface area contributed by atoms with Gasteiger partial charge in [0.05, 0.1) is 19.3 Å². The molecule has 0 radical (unpaired) electrons. The summed E-state index contributed by atoms with van der Waals surface area (Å²) in [6.45, 7) is 9.02. The van der Waals surface area contributed by atoms with E-state index in [4.69, 9.17) is 9.47 Å². The van der Waals surface area contributed by atoms with Gasteiger partial charge in [0.1, 0.15) is 11.6 Å². The molecule has 1 fully saturated rings. The molecule has 7 heteroatoms. The Kier molecular flexibility index (Phi) is 5.76. The number of rotatable bonds is 4. The van der Waals surface area contributed by atoms with Gasteiger partial charge in [0.2, 0.25) is 0 Å². The van der Waals surface area contributed by atoms with E-state index in [2.05, 4.69) is 5.32 Å². The second kappa shape index (κ2) is 6.90. The van der Waals surface area contributed by atoms with Crippen LogP contribution in [-0.2, 0) is 14.3 Å². The molecule has 20 heavy (non-hydrogen) atoms. The monoisotopic (exact) mass is 288 g/mol. The van der Waals surface area contributed by atoms with E-state index in [9.17, 15) is 14.7 Å². The number of alkyl carbamates (subject to hydrolysis) is 1. The molecule has 116 valence electrons. The highest BCUT2D eigenvalue weighted by Gasteiger charge is 2.33. The molecule has 2 atom stereocenters. The van der Waals surface area contributed by atoms with E-state index < -0.39 is 29.7 Å². The lowest BCUT2D eigenvalue weighted by molar-refractivity contribution is -0.146. The summed E-state index contributed by atoms with van der Waals surface area (Å²) >= 11 is 0. The molecule has 1 aliphatic heterocycles. The summed E-state index contributed by atoms with van der Waals surface area (Å²) in [5, 5.41) is 12.0. The maximum Gasteiger partial charge on any atom is 0.407 e. The molecule has 0 spiro atoms. The first-order valence-electron chi connectivity index (χ1n) is 6.75. The van der Waals surface area contributed by atoms with E-state index in [0.717, 1.165) is 0 Å². The van der Waals surface area contributed by atoms with Crippen LogP contribution in [0, 0.1) is 0 Å². The minimum atomic E-state index is -0.963. The lowest BCUT2D eigenvalue weighted by atomic mass is 10.1. The largest absolute Gasteiger partial charge is 0.480 e. The van der Waals surface area contributed by atoms with Crippen LogP contribution in [0.3, 0.4) is 0 Å². The van der Waals surface area contributed by atoms with Crippen molar-refractivity contribution >= 4 is 12.1 Å². The number of carbonyl (C=O) groups excluding carboxylic acids is 1. The summed E-state index contributed by atoms with van der Waals surface area (Å²) in [7, 11) is 0. The summed E-state index contributed by atoms with van der Waals surface area (Å²) in [4.78, 5) is 24.9. The predicted octanol–water partition coefficient (Wildman–Crippen LogP) is 0.685. The van der Waals surface area contributed by atoms with Crippen LogP contribution in [0.4, 0.5) is 4.79 Å².